The van der Waals surface area contributed by atoms with Gasteiger partial charge in [0.25, 0.3) is 0 Å². The number of rotatable bonds is 7. The van der Waals surface area contributed by atoms with Crippen molar-refractivity contribution >= 4 is 22.7 Å². The Kier molecular flexibility index (Phi) is 5.38. The first-order valence-electron chi connectivity index (χ1n) is 9.24. The van der Waals surface area contributed by atoms with E-state index in [4.69, 9.17) is 9.47 Å². The molecule has 29 heavy (non-hydrogen) atoms. The fourth-order valence-corrected chi connectivity index (χ4v) is 3.01. The number of hydrogen-bond acceptors (Lipinski definition) is 4. The minimum Gasteiger partial charge on any atom is -0.489 e. The van der Waals surface area contributed by atoms with Crippen molar-refractivity contribution in [2.75, 3.05) is 6.61 Å². The van der Waals surface area contributed by atoms with Gasteiger partial charge in [-0.25, -0.2) is 4.79 Å². The first-order chi connectivity index (χ1) is 14.2. The number of aromatic nitrogens is 1. The Morgan fingerprint density at radius 2 is 1.55 bits per heavy atom. The maximum Gasteiger partial charge on any atom is 0.338 e. The van der Waals surface area contributed by atoms with E-state index in [0.717, 1.165) is 22.2 Å². The highest BCUT2D eigenvalue weighted by molar-refractivity contribution is 6.09. The number of ketones is 1. The summed E-state index contributed by atoms with van der Waals surface area (Å²) in [7, 11) is 0. The highest BCUT2D eigenvalue weighted by atomic mass is 16.5. The predicted octanol–water partition coefficient (Wildman–Crippen LogP) is 4.79. The molecule has 5 nitrogen and oxygen atoms in total. The minimum atomic E-state index is -0.534. The summed E-state index contributed by atoms with van der Waals surface area (Å²) < 4.78 is 10.9. The molecule has 0 aliphatic rings. The summed E-state index contributed by atoms with van der Waals surface area (Å²) in [5.74, 6) is 0.00387. The average Bonchev–Trinajstić information content (AvgIpc) is 3.21. The van der Waals surface area contributed by atoms with Gasteiger partial charge in [-0.2, -0.15) is 0 Å². The summed E-state index contributed by atoms with van der Waals surface area (Å²) in [6, 6.07) is 24.0. The maximum absolute atomic E-state index is 12.4. The monoisotopic (exact) mass is 385 g/mol. The van der Waals surface area contributed by atoms with Gasteiger partial charge in [-0.1, -0.05) is 48.5 Å². The first-order valence-corrected chi connectivity index (χ1v) is 9.24. The zero-order chi connectivity index (χ0) is 20.1. The number of para-hydroxylation sites is 2. The third kappa shape index (κ3) is 4.35. The van der Waals surface area contributed by atoms with Crippen LogP contribution in [0.1, 0.15) is 26.3 Å². The lowest BCUT2D eigenvalue weighted by atomic mass is 10.1. The Hall–Kier alpha value is -3.86. The molecule has 0 unspecified atom stereocenters. The van der Waals surface area contributed by atoms with Crippen LogP contribution in [0.2, 0.25) is 0 Å². The number of carbonyl (C=O) groups is 2. The molecule has 0 aliphatic carbocycles. The number of nitrogens with one attached hydrogen (secondary N) is 1. The normalized spacial score (nSPS) is 10.6. The molecular weight excluding hydrogens is 366 g/mol. The topological polar surface area (TPSA) is 68.4 Å². The molecule has 0 amide bonds. The quantitative estimate of drug-likeness (QED) is 0.367. The smallest absolute Gasteiger partial charge is 0.338 e. The maximum atomic E-state index is 12.4. The number of H-pyrrole nitrogens is 1. The summed E-state index contributed by atoms with van der Waals surface area (Å²) in [4.78, 5) is 27.7. The number of fused-ring (bicyclic) bond motifs is 1. The van der Waals surface area contributed by atoms with Gasteiger partial charge in [0, 0.05) is 22.7 Å². The van der Waals surface area contributed by atoms with Crippen molar-refractivity contribution in [1.82, 2.24) is 4.98 Å². The first kappa shape index (κ1) is 18.5. The van der Waals surface area contributed by atoms with Crippen LogP contribution in [0, 0.1) is 0 Å². The standard InChI is InChI=1S/C24H19NO4/c26-23(21-14-25-22-9-5-4-8-20(21)22)16-29-24(27)18-12-10-17(11-13-18)15-28-19-6-2-1-3-7-19/h1-14,25H,15-16H2. The second kappa shape index (κ2) is 8.44. The van der Waals surface area contributed by atoms with Crippen molar-refractivity contribution in [2.45, 2.75) is 6.61 Å². The molecular formula is C24H19NO4. The predicted molar refractivity (Wildman–Crippen MR) is 110 cm³/mol. The molecule has 0 aliphatic heterocycles. The van der Waals surface area contributed by atoms with Crippen molar-refractivity contribution in [2.24, 2.45) is 0 Å². The lowest BCUT2D eigenvalue weighted by Crippen LogP contribution is -2.14. The second-order valence-corrected chi connectivity index (χ2v) is 6.55. The van der Waals surface area contributed by atoms with Crippen LogP contribution in [0.15, 0.2) is 85.1 Å². The fourth-order valence-electron chi connectivity index (χ4n) is 3.01. The molecule has 5 heteroatoms. The van der Waals surface area contributed by atoms with E-state index in [2.05, 4.69) is 4.98 Å². The van der Waals surface area contributed by atoms with E-state index in [1.807, 2.05) is 54.6 Å². The van der Waals surface area contributed by atoms with E-state index in [1.165, 1.54) is 0 Å². The summed E-state index contributed by atoms with van der Waals surface area (Å²) in [5.41, 5.74) is 2.71. The summed E-state index contributed by atoms with van der Waals surface area (Å²) in [5, 5.41) is 0.816. The van der Waals surface area contributed by atoms with Crippen LogP contribution in [0.3, 0.4) is 0 Å². The number of benzene rings is 3. The Labute approximate surface area is 167 Å². The van der Waals surface area contributed by atoms with Gasteiger partial charge in [-0.15, -0.1) is 0 Å². The zero-order valence-corrected chi connectivity index (χ0v) is 15.6. The number of Topliss-reactive ketones (excluding diaryl/α,β-unsaturated/α-hetero) is 1. The molecule has 0 spiro atoms. The molecule has 0 fully saturated rings. The molecule has 3 aromatic carbocycles. The van der Waals surface area contributed by atoms with Crippen LogP contribution in [-0.2, 0) is 11.3 Å². The van der Waals surface area contributed by atoms with Gasteiger partial charge in [-0.3, -0.25) is 4.79 Å². The molecule has 1 aromatic heterocycles. The molecule has 1 heterocycles. The third-order valence-corrected chi connectivity index (χ3v) is 4.56. The van der Waals surface area contributed by atoms with Crippen LogP contribution >= 0.6 is 0 Å². The number of hydrogen-bond donors (Lipinski definition) is 1. The van der Waals surface area contributed by atoms with E-state index in [-0.39, 0.29) is 12.4 Å². The second-order valence-electron chi connectivity index (χ2n) is 6.55. The van der Waals surface area contributed by atoms with E-state index in [0.29, 0.717) is 17.7 Å². The Morgan fingerprint density at radius 1 is 0.828 bits per heavy atom. The van der Waals surface area contributed by atoms with Gasteiger partial charge < -0.3 is 14.5 Å². The highest BCUT2D eigenvalue weighted by Gasteiger charge is 2.15. The number of ether oxygens (including phenoxy) is 2. The molecule has 0 bridgehead atoms. The Bertz CT molecular complexity index is 1130. The molecule has 0 radical (unpaired) electrons. The van der Waals surface area contributed by atoms with Crippen LogP contribution in [0.5, 0.6) is 5.75 Å². The number of aromatic amines is 1. The van der Waals surface area contributed by atoms with Gasteiger partial charge in [0.05, 0.1) is 5.56 Å². The van der Waals surface area contributed by atoms with Gasteiger partial charge in [0.15, 0.2) is 6.61 Å². The molecule has 144 valence electrons. The van der Waals surface area contributed by atoms with Crippen molar-refractivity contribution in [1.29, 1.82) is 0 Å². The fraction of sp³-hybridized carbons (Fsp3) is 0.0833. The molecule has 4 aromatic rings. The van der Waals surface area contributed by atoms with E-state index < -0.39 is 5.97 Å². The number of carbonyl (C=O) groups excluding carboxylic acids is 2. The van der Waals surface area contributed by atoms with Gasteiger partial charge in [0.1, 0.15) is 12.4 Å². The Morgan fingerprint density at radius 3 is 2.34 bits per heavy atom. The molecule has 4 rings (SSSR count). The van der Waals surface area contributed by atoms with Crippen LogP contribution in [0.4, 0.5) is 0 Å². The van der Waals surface area contributed by atoms with E-state index in [1.54, 1.807) is 30.5 Å². The average molecular weight is 385 g/mol. The van der Waals surface area contributed by atoms with Gasteiger partial charge >= 0.3 is 5.97 Å². The lowest BCUT2D eigenvalue weighted by molar-refractivity contribution is 0.0475. The molecule has 0 saturated heterocycles. The summed E-state index contributed by atoms with van der Waals surface area (Å²) in [6.07, 6.45) is 1.64. The van der Waals surface area contributed by atoms with Crippen molar-refractivity contribution in [3.05, 3.63) is 102 Å². The van der Waals surface area contributed by atoms with Gasteiger partial charge in [0.2, 0.25) is 5.78 Å². The molecule has 0 saturated carbocycles. The van der Waals surface area contributed by atoms with Crippen molar-refractivity contribution < 1.29 is 19.1 Å². The van der Waals surface area contributed by atoms with E-state index >= 15 is 0 Å². The van der Waals surface area contributed by atoms with Gasteiger partial charge in [-0.05, 0) is 35.9 Å². The van der Waals surface area contributed by atoms with Crippen LogP contribution in [-0.4, -0.2) is 23.3 Å². The Balaban J connectivity index is 1.33. The van der Waals surface area contributed by atoms with Crippen LogP contribution < -0.4 is 4.74 Å². The minimum absolute atomic E-state index is 0.247. The largest absolute Gasteiger partial charge is 0.489 e. The zero-order valence-electron chi connectivity index (χ0n) is 15.6. The van der Waals surface area contributed by atoms with Crippen molar-refractivity contribution in [3.8, 4) is 5.75 Å². The molecule has 1 N–H and O–H groups in total. The lowest BCUT2D eigenvalue weighted by Gasteiger charge is -2.07. The SMILES string of the molecule is O=C(OCC(=O)c1c[nH]c2ccccc12)c1ccc(COc2ccccc2)cc1. The van der Waals surface area contributed by atoms with Crippen molar-refractivity contribution in [3.63, 3.8) is 0 Å². The number of esters is 1. The summed E-state index contributed by atoms with van der Waals surface area (Å²) in [6.45, 7) is 0.0952. The van der Waals surface area contributed by atoms with E-state index in [9.17, 15) is 9.59 Å². The third-order valence-electron chi connectivity index (χ3n) is 4.56. The highest BCUT2D eigenvalue weighted by Crippen LogP contribution is 2.18. The van der Waals surface area contributed by atoms with Crippen LogP contribution in [0.25, 0.3) is 10.9 Å². The molecule has 0 atom stereocenters. The summed E-state index contributed by atoms with van der Waals surface area (Å²) >= 11 is 0.